The highest BCUT2D eigenvalue weighted by molar-refractivity contribution is 5.85. The highest BCUT2D eigenvalue weighted by Crippen LogP contribution is 2.33. The quantitative estimate of drug-likeness (QED) is 0.714. The number of hydrogen-bond acceptors (Lipinski definition) is 8. The first-order valence-electron chi connectivity index (χ1n) is 10.2. The van der Waals surface area contributed by atoms with Crippen molar-refractivity contribution in [2.24, 2.45) is 0 Å². The third-order valence-corrected chi connectivity index (χ3v) is 6.01. The number of piperidine rings is 1. The van der Waals surface area contributed by atoms with Gasteiger partial charge in [-0.15, -0.1) is 0 Å². The van der Waals surface area contributed by atoms with Crippen LogP contribution in [0, 0.1) is 11.3 Å². The summed E-state index contributed by atoms with van der Waals surface area (Å²) in [6.07, 6.45) is 4.86. The Bertz CT molecular complexity index is 1060. The molecule has 0 radical (unpaired) electrons. The summed E-state index contributed by atoms with van der Waals surface area (Å²) >= 11 is 0. The van der Waals surface area contributed by atoms with Gasteiger partial charge in [-0.05, 0) is 0 Å². The molecule has 1 fully saturated rings. The molecule has 160 valence electrons. The summed E-state index contributed by atoms with van der Waals surface area (Å²) in [6.45, 7) is 2.30. The van der Waals surface area contributed by atoms with Gasteiger partial charge in [0.2, 0.25) is 5.95 Å². The number of carbonyl (C=O) groups is 1. The van der Waals surface area contributed by atoms with Gasteiger partial charge in [-0.1, -0.05) is 0 Å². The molecule has 3 aliphatic heterocycles. The van der Waals surface area contributed by atoms with Crippen LogP contribution in [-0.2, 0) is 29.3 Å². The molecule has 5 heterocycles. The standard InChI is InChI=1S/C21H21FN6O3/c22-21(1-3-27(4-2-21)20-25-10-16-12-30-13-17(16)26-20)19(29)28-5-6-31-18-14(7-23)8-24-9-15(18)11-28/h8-10H,1-6,11-13H2. The topological polar surface area (TPSA) is 104 Å². The van der Waals surface area contributed by atoms with E-state index >= 15 is 4.39 Å². The molecule has 0 bridgehead atoms. The number of alkyl halides is 1. The Morgan fingerprint density at radius 2 is 2.00 bits per heavy atom. The van der Waals surface area contributed by atoms with Crippen LogP contribution in [-0.4, -0.2) is 57.7 Å². The van der Waals surface area contributed by atoms with Gasteiger partial charge in [0.1, 0.15) is 24.0 Å². The Morgan fingerprint density at radius 3 is 2.81 bits per heavy atom. The van der Waals surface area contributed by atoms with Gasteiger partial charge in [-0.2, -0.15) is 5.26 Å². The summed E-state index contributed by atoms with van der Waals surface area (Å²) in [4.78, 5) is 29.5. The van der Waals surface area contributed by atoms with Crippen molar-refractivity contribution in [3.8, 4) is 11.8 Å². The Balaban J connectivity index is 1.28. The van der Waals surface area contributed by atoms with Gasteiger partial charge in [0, 0.05) is 55.6 Å². The number of anilines is 1. The zero-order valence-corrected chi connectivity index (χ0v) is 16.9. The lowest BCUT2D eigenvalue weighted by Gasteiger charge is -2.37. The monoisotopic (exact) mass is 424 g/mol. The van der Waals surface area contributed by atoms with Gasteiger partial charge < -0.3 is 19.3 Å². The van der Waals surface area contributed by atoms with Crippen LogP contribution in [0.15, 0.2) is 18.6 Å². The second-order valence-corrected chi connectivity index (χ2v) is 7.95. The average molecular weight is 424 g/mol. The fraction of sp³-hybridized carbons (Fsp3) is 0.476. The number of nitrogens with zero attached hydrogens (tertiary/aromatic N) is 6. The van der Waals surface area contributed by atoms with Gasteiger partial charge >= 0.3 is 0 Å². The van der Waals surface area contributed by atoms with Gasteiger partial charge in [0.15, 0.2) is 5.67 Å². The van der Waals surface area contributed by atoms with E-state index < -0.39 is 11.6 Å². The normalized spacial score (nSPS) is 19.6. The second-order valence-electron chi connectivity index (χ2n) is 7.95. The number of rotatable bonds is 2. The van der Waals surface area contributed by atoms with Gasteiger partial charge in [-0.3, -0.25) is 9.78 Å². The number of ether oxygens (including phenoxy) is 2. The van der Waals surface area contributed by atoms with E-state index in [1.807, 2.05) is 11.0 Å². The summed E-state index contributed by atoms with van der Waals surface area (Å²) in [5, 5.41) is 9.24. The van der Waals surface area contributed by atoms with Crippen molar-refractivity contribution < 1.29 is 18.7 Å². The van der Waals surface area contributed by atoms with E-state index in [1.165, 1.54) is 11.1 Å². The summed E-state index contributed by atoms with van der Waals surface area (Å²) in [5.74, 6) is 0.424. The van der Waals surface area contributed by atoms with Crippen molar-refractivity contribution in [1.29, 1.82) is 5.26 Å². The Morgan fingerprint density at radius 1 is 1.16 bits per heavy atom. The Hall–Kier alpha value is -3.32. The molecule has 5 rings (SSSR count). The molecule has 0 aromatic carbocycles. The first kappa shape index (κ1) is 19.6. The van der Waals surface area contributed by atoms with Crippen molar-refractivity contribution >= 4 is 11.9 Å². The third kappa shape index (κ3) is 3.55. The maximum atomic E-state index is 15.7. The van der Waals surface area contributed by atoms with Gasteiger partial charge in [0.25, 0.3) is 5.91 Å². The molecule has 3 aliphatic rings. The zero-order chi connectivity index (χ0) is 21.4. The van der Waals surface area contributed by atoms with Crippen LogP contribution >= 0.6 is 0 Å². The van der Waals surface area contributed by atoms with Crippen LogP contribution < -0.4 is 9.64 Å². The SMILES string of the molecule is N#Cc1cncc2c1OCCN(C(=O)C1(F)CCN(c3ncc4c(n3)COC4)CC1)C2. The Kier molecular flexibility index (Phi) is 4.90. The minimum absolute atomic E-state index is 0.0590. The minimum Gasteiger partial charge on any atom is -0.490 e. The van der Waals surface area contributed by atoms with E-state index in [9.17, 15) is 10.1 Å². The van der Waals surface area contributed by atoms with Crippen LogP contribution in [0.2, 0.25) is 0 Å². The summed E-state index contributed by atoms with van der Waals surface area (Å²) in [7, 11) is 0. The molecule has 1 amide bonds. The number of carbonyl (C=O) groups excluding carboxylic acids is 1. The molecular formula is C21H21FN6O3. The lowest BCUT2D eigenvalue weighted by atomic mass is 9.91. The molecule has 31 heavy (non-hydrogen) atoms. The predicted octanol–water partition coefficient (Wildman–Crippen LogP) is 1.50. The fourth-order valence-corrected chi connectivity index (χ4v) is 4.22. The number of pyridine rings is 1. The molecule has 10 heteroatoms. The van der Waals surface area contributed by atoms with E-state index in [2.05, 4.69) is 15.0 Å². The maximum Gasteiger partial charge on any atom is 0.260 e. The molecule has 2 aromatic rings. The van der Waals surface area contributed by atoms with E-state index in [4.69, 9.17) is 9.47 Å². The lowest BCUT2D eigenvalue weighted by molar-refractivity contribution is -0.146. The molecular weight excluding hydrogens is 403 g/mol. The number of aromatic nitrogens is 3. The zero-order valence-electron chi connectivity index (χ0n) is 16.9. The highest BCUT2D eigenvalue weighted by atomic mass is 19.1. The van der Waals surface area contributed by atoms with E-state index in [-0.39, 0.29) is 32.5 Å². The minimum atomic E-state index is -1.96. The van der Waals surface area contributed by atoms with Gasteiger partial charge in [-0.25, -0.2) is 14.4 Å². The smallest absolute Gasteiger partial charge is 0.260 e. The number of amides is 1. The van der Waals surface area contributed by atoms with Crippen molar-refractivity contribution in [2.75, 3.05) is 31.1 Å². The molecule has 1 saturated heterocycles. The summed E-state index contributed by atoms with van der Waals surface area (Å²) in [6, 6.07) is 2.04. The number of fused-ring (bicyclic) bond motifs is 2. The molecule has 9 nitrogen and oxygen atoms in total. The van der Waals surface area contributed by atoms with Crippen LogP contribution in [0.3, 0.4) is 0 Å². The maximum absolute atomic E-state index is 15.7. The third-order valence-electron chi connectivity index (χ3n) is 6.01. The first-order chi connectivity index (χ1) is 15.1. The molecule has 0 saturated carbocycles. The van der Waals surface area contributed by atoms with Crippen molar-refractivity contribution in [3.63, 3.8) is 0 Å². The van der Waals surface area contributed by atoms with Crippen LogP contribution in [0.1, 0.15) is 35.2 Å². The van der Waals surface area contributed by atoms with Crippen molar-refractivity contribution in [2.45, 2.75) is 38.3 Å². The molecule has 0 aliphatic carbocycles. The summed E-state index contributed by atoms with van der Waals surface area (Å²) < 4.78 is 26.8. The molecule has 0 spiro atoms. The molecule has 0 atom stereocenters. The van der Waals surface area contributed by atoms with E-state index in [0.29, 0.717) is 49.1 Å². The predicted molar refractivity (Wildman–Crippen MR) is 106 cm³/mol. The summed E-state index contributed by atoms with van der Waals surface area (Å²) in [5.41, 5.74) is 0.816. The lowest BCUT2D eigenvalue weighted by Crippen LogP contribution is -2.53. The van der Waals surface area contributed by atoms with Crippen molar-refractivity contribution in [3.05, 3.63) is 41.0 Å². The number of hydrogen-bond donors (Lipinski definition) is 0. The number of nitriles is 1. The van der Waals surface area contributed by atoms with E-state index in [1.54, 1.807) is 12.4 Å². The van der Waals surface area contributed by atoms with Crippen LogP contribution in [0.5, 0.6) is 5.75 Å². The first-order valence-corrected chi connectivity index (χ1v) is 10.2. The molecule has 0 unspecified atom stereocenters. The highest BCUT2D eigenvalue weighted by Gasteiger charge is 2.45. The second kappa shape index (κ2) is 7.74. The molecule has 2 aromatic heterocycles. The van der Waals surface area contributed by atoms with Gasteiger partial charge in [0.05, 0.1) is 32.0 Å². The fourth-order valence-electron chi connectivity index (χ4n) is 4.22. The Labute approximate surface area is 178 Å². The average Bonchev–Trinajstić information content (AvgIpc) is 3.16. The van der Waals surface area contributed by atoms with Crippen molar-refractivity contribution in [1.82, 2.24) is 19.9 Å². The largest absolute Gasteiger partial charge is 0.490 e. The van der Waals surface area contributed by atoms with Crippen LogP contribution in [0.25, 0.3) is 0 Å². The molecule has 0 N–H and O–H groups in total. The van der Waals surface area contributed by atoms with E-state index in [0.717, 1.165) is 11.3 Å². The van der Waals surface area contributed by atoms with Crippen LogP contribution in [0.4, 0.5) is 10.3 Å². The number of halogens is 1.